The molecule has 2 N–H and O–H groups in total. The van der Waals surface area contributed by atoms with E-state index in [2.05, 4.69) is 22.1 Å². The van der Waals surface area contributed by atoms with Crippen molar-refractivity contribution in [3.8, 4) is 0 Å². The van der Waals surface area contributed by atoms with Crippen LogP contribution in [0.15, 0.2) is 17.5 Å². The van der Waals surface area contributed by atoms with Crippen molar-refractivity contribution in [1.82, 2.24) is 10.6 Å². The van der Waals surface area contributed by atoms with Gasteiger partial charge >= 0.3 is 0 Å². The van der Waals surface area contributed by atoms with Crippen molar-refractivity contribution in [3.63, 3.8) is 0 Å². The fourth-order valence-electron chi connectivity index (χ4n) is 1.86. The van der Waals surface area contributed by atoms with Crippen molar-refractivity contribution in [3.05, 3.63) is 22.4 Å². The molecule has 1 aliphatic rings. The van der Waals surface area contributed by atoms with E-state index in [-0.39, 0.29) is 18.0 Å². The Labute approximate surface area is 105 Å². The second kappa shape index (κ2) is 6.14. The number of ether oxygens (including phenoxy) is 1. The lowest BCUT2D eigenvalue weighted by Gasteiger charge is -2.24. The van der Waals surface area contributed by atoms with Gasteiger partial charge in [0, 0.05) is 23.9 Å². The van der Waals surface area contributed by atoms with E-state index in [9.17, 15) is 4.79 Å². The van der Waals surface area contributed by atoms with E-state index in [1.54, 1.807) is 11.3 Å². The molecule has 0 aliphatic carbocycles. The maximum absolute atomic E-state index is 11.9. The van der Waals surface area contributed by atoms with Crippen LogP contribution in [0.25, 0.3) is 0 Å². The minimum Gasteiger partial charge on any atom is -0.378 e. The predicted molar refractivity (Wildman–Crippen MR) is 68.2 cm³/mol. The van der Waals surface area contributed by atoms with Gasteiger partial charge in [-0.25, -0.2) is 0 Å². The van der Waals surface area contributed by atoms with Crippen LogP contribution in [-0.2, 0) is 16.0 Å². The summed E-state index contributed by atoms with van der Waals surface area (Å²) in [6.07, 6.45) is 0.886. The molecule has 94 valence electrons. The number of amides is 1. The molecular formula is C12H18N2O2S. The molecule has 0 saturated carbocycles. The molecule has 1 fully saturated rings. The second-order valence-corrected chi connectivity index (χ2v) is 5.31. The summed E-state index contributed by atoms with van der Waals surface area (Å²) in [6.45, 7) is 3.94. The molecule has 2 unspecified atom stereocenters. The van der Waals surface area contributed by atoms with Crippen molar-refractivity contribution < 1.29 is 9.53 Å². The first-order chi connectivity index (χ1) is 8.25. The van der Waals surface area contributed by atoms with Crippen molar-refractivity contribution in [2.45, 2.75) is 25.4 Å². The third-order valence-corrected chi connectivity index (χ3v) is 3.61. The van der Waals surface area contributed by atoms with E-state index in [0.29, 0.717) is 13.2 Å². The molecule has 2 heterocycles. The zero-order valence-corrected chi connectivity index (χ0v) is 10.8. The van der Waals surface area contributed by atoms with Crippen LogP contribution >= 0.6 is 11.3 Å². The minimum absolute atomic E-state index is 0.0359. The summed E-state index contributed by atoms with van der Waals surface area (Å²) in [5.41, 5.74) is 0. The molecule has 5 heteroatoms. The Morgan fingerprint density at radius 3 is 3.29 bits per heavy atom. The van der Waals surface area contributed by atoms with Gasteiger partial charge in [0.2, 0.25) is 5.91 Å². The molecule has 4 nitrogen and oxygen atoms in total. The standard InChI is InChI=1S/C12H18N2O2S/c1-9(7-10-3-2-6-17-10)14-12(15)11-8-16-5-4-13-11/h2-3,6,9,11,13H,4-5,7-8H2,1H3,(H,14,15). The minimum atomic E-state index is -0.200. The number of hydrogen-bond acceptors (Lipinski definition) is 4. The number of hydrogen-bond donors (Lipinski definition) is 2. The molecule has 2 rings (SSSR count). The Morgan fingerprint density at radius 2 is 2.65 bits per heavy atom. The van der Waals surface area contributed by atoms with Crippen LogP contribution < -0.4 is 10.6 Å². The monoisotopic (exact) mass is 254 g/mol. The van der Waals surface area contributed by atoms with Gasteiger partial charge in [-0.1, -0.05) is 6.07 Å². The Balaban J connectivity index is 1.77. The van der Waals surface area contributed by atoms with Crippen LogP contribution in [0.2, 0.25) is 0 Å². The number of carbonyl (C=O) groups is 1. The van der Waals surface area contributed by atoms with E-state index in [4.69, 9.17) is 4.74 Å². The van der Waals surface area contributed by atoms with Crippen LogP contribution in [0, 0.1) is 0 Å². The molecule has 1 amide bonds. The normalized spacial score (nSPS) is 22.1. The number of rotatable bonds is 4. The average molecular weight is 254 g/mol. The third kappa shape index (κ3) is 3.80. The fourth-order valence-corrected chi connectivity index (χ4v) is 2.69. The van der Waals surface area contributed by atoms with Gasteiger partial charge in [0.15, 0.2) is 0 Å². The van der Waals surface area contributed by atoms with Crippen molar-refractivity contribution in [2.24, 2.45) is 0 Å². The Bertz CT molecular complexity index is 347. The highest BCUT2D eigenvalue weighted by Gasteiger charge is 2.22. The van der Waals surface area contributed by atoms with Crippen molar-refractivity contribution >= 4 is 17.2 Å². The van der Waals surface area contributed by atoms with Gasteiger partial charge in [0.1, 0.15) is 6.04 Å². The van der Waals surface area contributed by atoms with Gasteiger partial charge in [-0.2, -0.15) is 0 Å². The lowest BCUT2D eigenvalue weighted by atomic mass is 10.2. The summed E-state index contributed by atoms with van der Waals surface area (Å²) >= 11 is 1.72. The summed E-state index contributed by atoms with van der Waals surface area (Å²) in [7, 11) is 0. The topological polar surface area (TPSA) is 50.4 Å². The van der Waals surface area contributed by atoms with Gasteiger partial charge in [0.25, 0.3) is 0 Å². The summed E-state index contributed by atoms with van der Waals surface area (Å²) < 4.78 is 5.27. The number of thiophene rings is 1. The van der Waals surface area contributed by atoms with E-state index in [1.165, 1.54) is 4.88 Å². The summed E-state index contributed by atoms with van der Waals surface area (Å²) in [6, 6.07) is 4.08. The molecule has 0 spiro atoms. The van der Waals surface area contributed by atoms with Gasteiger partial charge in [-0.05, 0) is 18.4 Å². The molecule has 0 aromatic carbocycles. The van der Waals surface area contributed by atoms with Crippen molar-refractivity contribution in [1.29, 1.82) is 0 Å². The highest BCUT2D eigenvalue weighted by atomic mass is 32.1. The van der Waals surface area contributed by atoms with Gasteiger partial charge in [-0.3, -0.25) is 4.79 Å². The lowest BCUT2D eigenvalue weighted by molar-refractivity contribution is -0.126. The number of carbonyl (C=O) groups excluding carboxylic acids is 1. The first kappa shape index (κ1) is 12.5. The lowest BCUT2D eigenvalue weighted by Crippen LogP contribution is -2.53. The van der Waals surface area contributed by atoms with E-state index in [1.807, 2.05) is 13.0 Å². The van der Waals surface area contributed by atoms with Crippen LogP contribution in [0.4, 0.5) is 0 Å². The molecule has 1 aromatic rings. The average Bonchev–Trinajstić information content (AvgIpc) is 2.82. The predicted octanol–water partition coefficient (Wildman–Crippen LogP) is 0.784. The van der Waals surface area contributed by atoms with Crippen LogP contribution in [-0.4, -0.2) is 37.7 Å². The Kier molecular flexibility index (Phi) is 4.53. The maximum atomic E-state index is 11.9. The molecule has 1 aliphatic heterocycles. The number of nitrogens with one attached hydrogen (secondary N) is 2. The van der Waals surface area contributed by atoms with Crippen LogP contribution in [0.5, 0.6) is 0 Å². The highest BCUT2D eigenvalue weighted by Crippen LogP contribution is 2.11. The number of morpholine rings is 1. The first-order valence-electron chi connectivity index (χ1n) is 5.89. The molecule has 17 heavy (non-hydrogen) atoms. The Hall–Kier alpha value is -0.910. The maximum Gasteiger partial charge on any atom is 0.239 e. The highest BCUT2D eigenvalue weighted by molar-refractivity contribution is 7.09. The Morgan fingerprint density at radius 1 is 1.76 bits per heavy atom. The molecule has 0 bridgehead atoms. The first-order valence-corrected chi connectivity index (χ1v) is 6.77. The summed E-state index contributed by atoms with van der Waals surface area (Å²) in [5.74, 6) is 0.0359. The van der Waals surface area contributed by atoms with E-state index >= 15 is 0 Å². The molecular weight excluding hydrogens is 236 g/mol. The van der Waals surface area contributed by atoms with E-state index in [0.717, 1.165) is 13.0 Å². The van der Waals surface area contributed by atoms with Gasteiger partial charge < -0.3 is 15.4 Å². The quantitative estimate of drug-likeness (QED) is 0.835. The van der Waals surface area contributed by atoms with Crippen molar-refractivity contribution in [2.75, 3.05) is 19.8 Å². The summed E-state index contributed by atoms with van der Waals surface area (Å²) in [5, 5.41) is 8.22. The zero-order chi connectivity index (χ0) is 12.1. The SMILES string of the molecule is CC(Cc1cccs1)NC(=O)C1COCCN1. The van der Waals surface area contributed by atoms with Gasteiger partial charge in [0.05, 0.1) is 13.2 Å². The molecule has 2 atom stereocenters. The van der Waals surface area contributed by atoms with Crippen LogP contribution in [0.3, 0.4) is 0 Å². The zero-order valence-electron chi connectivity index (χ0n) is 9.94. The van der Waals surface area contributed by atoms with E-state index < -0.39 is 0 Å². The molecule has 0 radical (unpaired) electrons. The fraction of sp³-hybridized carbons (Fsp3) is 0.583. The largest absolute Gasteiger partial charge is 0.378 e. The molecule has 1 saturated heterocycles. The summed E-state index contributed by atoms with van der Waals surface area (Å²) in [4.78, 5) is 13.2. The second-order valence-electron chi connectivity index (χ2n) is 4.27. The third-order valence-electron chi connectivity index (χ3n) is 2.71. The van der Waals surface area contributed by atoms with Crippen LogP contribution in [0.1, 0.15) is 11.8 Å². The smallest absolute Gasteiger partial charge is 0.239 e. The van der Waals surface area contributed by atoms with Gasteiger partial charge in [-0.15, -0.1) is 11.3 Å². The molecule has 1 aromatic heterocycles.